The molecule has 0 amide bonds. The molecule has 0 radical (unpaired) electrons. The quantitative estimate of drug-likeness (QED) is 0.750. The molecule has 0 aliphatic rings. The van der Waals surface area contributed by atoms with Crippen LogP contribution in [0.15, 0.2) is 53.0 Å². The number of carbonyl (C=O) groups is 1. The van der Waals surface area contributed by atoms with E-state index in [0.29, 0.717) is 5.56 Å². The molecule has 0 saturated carbocycles. The fourth-order valence-electron chi connectivity index (χ4n) is 1.71. The molecule has 0 spiro atoms. The van der Waals surface area contributed by atoms with E-state index in [2.05, 4.69) is 20.7 Å². The lowest BCUT2D eigenvalue weighted by molar-refractivity contribution is -0.0498. The predicted molar refractivity (Wildman–Crippen MR) is 75.3 cm³/mol. The van der Waals surface area contributed by atoms with Gasteiger partial charge in [0, 0.05) is 16.5 Å². The van der Waals surface area contributed by atoms with Gasteiger partial charge >= 0.3 is 6.61 Å². The lowest BCUT2D eigenvalue weighted by atomic mass is 10.0. The van der Waals surface area contributed by atoms with Gasteiger partial charge in [0.25, 0.3) is 0 Å². The van der Waals surface area contributed by atoms with Gasteiger partial charge in [-0.1, -0.05) is 28.1 Å². The summed E-state index contributed by atoms with van der Waals surface area (Å²) < 4.78 is 29.2. The Morgan fingerprint density at radius 2 is 1.65 bits per heavy atom. The summed E-state index contributed by atoms with van der Waals surface area (Å²) in [4.78, 5) is 12.0. The molecule has 0 saturated heterocycles. The van der Waals surface area contributed by atoms with E-state index >= 15 is 0 Å². The molecule has 0 unspecified atom stereocenters. The van der Waals surface area contributed by atoms with Crippen LogP contribution in [0.2, 0.25) is 0 Å². The van der Waals surface area contributed by atoms with Gasteiger partial charge in [0.15, 0.2) is 5.78 Å². The zero-order valence-corrected chi connectivity index (χ0v) is 11.9. The first-order valence-corrected chi connectivity index (χ1v) is 6.66. The highest BCUT2D eigenvalue weighted by Gasteiger charge is 2.09. The Kier molecular flexibility index (Phi) is 4.84. The summed E-state index contributed by atoms with van der Waals surface area (Å²) in [5.41, 5.74) is 1.36. The Morgan fingerprint density at radius 1 is 1.05 bits per heavy atom. The van der Waals surface area contributed by atoms with Crippen molar-refractivity contribution in [3.05, 3.63) is 64.1 Å². The largest absolute Gasteiger partial charge is 0.435 e. The van der Waals surface area contributed by atoms with Crippen molar-refractivity contribution < 1.29 is 18.3 Å². The van der Waals surface area contributed by atoms with Crippen molar-refractivity contribution >= 4 is 21.7 Å². The molecule has 0 atom stereocenters. The van der Waals surface area contributed by atoms with Crippen LogP contribution in [0.25, 0.3) is 0 Å². The summed E-state index contributed by atoms with van der Waals surface area (Å²) in [5.74, 6) is -0.0314. The maximum atomic E-state index is 12.0. The number of ketones is 1. The monoisotopic (exact) mass is 340 g/mol. The standard InChI is InChI=1S/C15H11BrF2O2/c16-12-5-1-10(2-6-12)9-14(19)11-3-7-13(8-4-11)20-15(17)18/h1-8,15H,9H2. The van der Waals surface area contributed by atoms with Crippen LogP contribution < -0.4 is 4.74 Å². The molecule has 2 aromatic carbocycles. The summed E-state index contributed by atoms with van der Waals surface area (Å²) in [7, 11) is 0. The van der Waals surface area contributed by atoms with Crippen LogP contribution in [0.5, 0.6) is 5.75 Å². The topological polar surface area (TPSA) is 26.3 Å². The van der Waals surface area contributed by atoms with Crippen LogP contribution in [0.4, 0.5) is 8.78 Å². The Labute approximate surface area is 123 Å². The van der Waals surface area contributed by atoms with E-state index in [1.807, 2.05) is 24.3 Å². The first-order chi connectivity index (χ1) is 9.54. The molecular weight excluding hydrogens is 330 g/mol. The van der Waals surface area contributed by atoms with E-state index in [-0.39, 0.29) is 18.0 Å². The van der Waals surface area contributed by atoms with Gasteiger partial charge < -0.3 is 4.74 Å². The van der Waals surface area contributed by atoms with Gasteiger partial charge in [-0.25, -0.2) is 0 Å². The lowest BCUT2D eigenvalue weighted by Gasteiger charge is -2.05. The smallest absolute Gasteiger partial charge is 0.387 e. The van der Waals surface area contributed by atoms with Crippen molar-refractivity contribution in [2.45, 2.75) is 13.0 Å². The number of benzene rings is 2. The highest BCUT2D eigenvalue weighted by atomic mass is 79.9. The van der Waals surface area contributed by atoms with Gasteiger partial charge in [-0.3, -0.25) is 4.79 Å². The Morgan fingerprint density at radius 3 is 2.20 bits per heavy atom. The van der Waals surface area contributed by atoms with E-state index in [4.69, 9.17) is 0 Å². The van der Waals surface area contributed by atoms with Crippen LogP contribution >= 0.6 is 15.9 Å². The number of ether oxygens (including phenoxy) is 1. The molecule has 20 heavy (non-hydrogen) atoms. The van der Waals surface area contributed by atoms with Crippen LogP contribution in [-0.4, -0.2) is 12.4 Å². The molecule has 0 aliphatic carbocycles. The number of carbonyl (C=O) groups excluding carboxylic acids is 1. The highest BCUT2D eigenvalue weighted by molar-refractivity contribution is 9.10. The van der Waals surface area contributed by atoms with Crippen molar-refractivity contribution in [1.29, 1.82) is 0 Å². The predicted octanol–water partition coefficient (Wildman–Crippen LogP) is 4.48. The highest BCUT2D eigenvalue weighted by Crippen LogP contribution is 2.17. The first-order valence-electron chi connectivity index (χ1n) is 5.87. The number of hydrogen-bond acceptors (Lipinski definition) is 2. The number of halogens is 3. The Bertz CT molecular complexity index is 580. The van der Waals surface area contributed by atoms with Crippen LogP contribution in [0, 0.1) is 0 Å². The molecule has 104 valence electrons. The average molecular weight is 341 g/mol. The van der Waals surface area contributed by atoms with E-state index in [1.54, 1.807) is 0 Å². The van der Waals surface area contributed by atoms with Crippen molar-refractivity contribution in [2.24, 2.45) is 0 Å². The fourth-order valence-corrected chi connectivity index (χ4v) is 1.98. The average Bonchev–Trinajstić information content (AvgIpc) is 2.41. The molecule has 2 rings (SSSR count). The maximum absolute atomic E-state index is 12.0. The number of hydrogen-bond donors (Lipinski definition) is 0. The Balaban J connectivity index is 2.03. The summed E-state index contributed by atoms with van der Waals surface area (Å²) >= 11 is 3.32. The van der Waals surface area contributed by atoms with Gasteiger partial charge in [-0.05, 0) is 42.0 Å². The second kappa shape index (κ2) is 6.61. The zero-order chi connectivity index (χ0) is 14.5. The van der Waals surface area contributed by atoms with E-state index in [1.165, 1.54) is 24.3 Å². The number of Topliss-reactive ketones (excluding diaryl/α,β-unsaturated/α-hetero) is 1. The van der Waals surface area contributed by atoms with Gasteiger partial charge in [0.2, 0.25) is 0 Å². The minimum absolute atomic E-state index is 0.0418. The third kappa shape index (κ3) is 4.13. The van der Waals surface area contributed by atoms with Gasteiger partial charge in [0.05, 0.1) is 0 Å². The summed E-state index contributed by atoms with van der Waals surface area (Å²) in [5, 5.41) is 0. The summed E-state index contributed by atoms with van der Waals surface area (Å²) in [6.07, 6.45) is 0.266. The van der Waals surface area contributed by atoms with E-state index in [0.717, 1.165) is 10.0 Å². The minimum Gasteiger partial charge on any atom is -0.435 e. The summed E-state index contributed by atoms with van der Waals surface area (Å²) in [6, 6.07) is 13.1. The van der Waals surface area contributed by atoms with Crippen molar-refractivity contribution in [3.8, 4) is 5.75 Å². The van der Waals surface area contributed by atoms with E-state index < -0.39 is 6.61 Å². The molecule has 0 fully saturated rings. The number of rotatable bonds is 5. The minimum atomic E-state index is -2.86. The van der Waals surface area contributed by atoms with Crippen LogP contribution in [0.3, 0.4) is 0 Å². The van der Waals surface area contributed by atoms with Crippen LogP contribution in [-0.2, 0) is 6.42 Å². The maximum Gasteiger partial charge on any atom is 0.387 e. The molecule has 0 N–H and O–H groups in total. The molecule has 0 aromatic heterocycles. The van der Waals surface area contributed by atoms with Crippen molar-refractivity contribution in [1.82, 2.24) is 0 Å². The molecule has 0 aliphatic heterocycles. The molecule has 2 aromatic rings. The Hall–Kier alpha value is -1.75. The van der Waals surface area contributed by atoms with Crippen molar-refractivity contribution in [2.75, 3.05) is 0 Å². The molecule has 0 bridgehead atoms. The normalized spacial score (nSPS) is 10.6. The van der Waals surface area contributed by atoms with Crippen LogP contribution in [0.1, 0.15) is 15.9 Å². The van der Waals surface area contributed by atoms with Crippen molar-refractivity contribution in [3.63, 3.8) is 0 Å². The van der Waals surface area contributed by atoms with Gasteiger partial charge in [0.1, 0.15) is 5.75 Å². The number of alkyl halides is 2. The molecule has 2 nitrogen and oxygen atoms in total. The molecule has 5 heteroatoms. The second-order valence-electron chi connectivity index (χ2n) is 4.13. The van der Waals surface area contributed by atoms with E-state index in [9.17, 15) is 13.6 Å². The third-order valence-corrected chi connectivity index (χ3v) is 3.21. The zero-order valence-electron chi connectivity index (χ0n) is 10.4. The molecule has 0 heterocycles. The third-order valence-electron chi connectivity index (χ3n) is 2.68. The summed E-state index contributed by atoms with van der Waals surface area (Å²) in [6.45, 7) is -2.86. The molecular formula is C15H11BrF2O2. The first kappa shape index (κ1) is 14.7. The van der Waals surface area contributed by atoms with Gasteiger partial charge in [-0.2, -0.15) is 8.78 Å². The second-order valence-corrected chi connectivity index (χ2v) is 5.04. The fraction of sp³-hybridized carbons (Fsp3) is 0.133. The van der Waals surface area contributed by atoms with Gasteiger partial charge in [-0.15, -0.1) is 0 Å². The lowest BCUT2D eigenvalue weighted by Crippen LogP contribution is -2.05. The SMILES string of the molecule is O=C(Cc1ccc(Br)cc1)c1ccc(OC(F)F)cc1.